The summed E-state index contributed by atoms with van der Waals surface area (Å²) < 4.78 is 6.97. The van der Waals surface area contributed by atoms with E-state index >= 15 is 0 Å². The van der Waals surface area contributed by atoms with E-state index in [0.29, 0.717) is 11.6 Å². The molecule has 0 amide bonds. The zero-order valence-electron chi connectivity index (χ0n) is 9.91. The van der Waals surface area contributed by atoms with Crippen LogP contribution in [-0.4, -0.2) is 10.1 Å². The van der Waals surface area contributed by atoms with Crippen LogP contribution in [0.3, 0.4) is 0 Å². The van der Waals surface area contributed by atoms with Crippen molar-refractivity contribution in [3.05, 3.63) is 26.9 Å². The molecule has 0 aliphatic heterocycles. The smallest absolute Gasteiger partial charge is 0.260 e. The van der Waals surface area contributed by atoms with Crippen LogP contribution in [-0.2, 0) is 6.42 Å². The minimum atomic E-state index is 0.459. The Kier molecular flexibility index (Phi) is 4.40. The summed E-state index contributed by atoms with van der Waals surface area (Å²) >= 11 is 6.82. The maximum absolute atomic E-state index is 6.00. The van der Waals surface area contributed by atoms with Crippen LogP contribution < -0.4 is 5.73 Å². The number of nitrogens with two attached hydrogens (primary N) is 1. The van der Waals surface area contributed by atoms with E-state index in [4.69, 9.17) is 10.3 Å². The van der Waals surface area contributed by atoms with E-state index in [-0.39, 0.29) is 0 Å². The summed E-state index contributed by atoms with van der Waals surface area (Å²) in [6, 6.07) is 3.75. The van der Waals surface area contributed by atoms with Gasteiger partial charge in [-0.3, -0.25) is 0 Å². The SMILES string of the molecule is CCCCc1noc(-c2cc(Br)cc(Br)c2N)n1. The molecule has 0 unspecified atom stereocenters. The molecule has 0 bridgehead atoms. The number of anilines is 1. The van der Waals surface area contributed by atoms with E-state index in [1.165, 1.54) is 0 Å². The van der Waals surface area contributed by atoms with Crippen molar-refractivity contribution in [3.63, 3.8) is 0 Å². The van der Waals surface area contributed by atoms with E-state index in [0.717, 1.165) is 39.6 Å². The number of nitrogen functional groups attached to an aromatic ring is 1. The molecule has 0 atom stereocenters. The van der Waals surface area contributed by atoms with Crippen molar-refractivity contribution < 1.29 is 4.52 Å². The Balaban J connectivity index is 2.34. The summed E-state index contributed by atoms with van der Waals surface area (Å²) in [7, 11) is 0. The van der Waals surface area contributed by atoms with Gasteiger partial charge in [-0.2, -0.15) is 4.98 Å². The Morgan fingerprint density at radius 2 is 2.11 bits per heavy atom. The highest BCUT2D eigenvalue weighted by Gasteiger charge is 2.14. The molecule has 0 fully saturated rings. The lowest BCUT2D eigenvalue weighted by atomic mass is 10.2. The zero-order valence-corrected chi connectivity index (χ0v) is 13.1. The van der Waals surface area contributed by atoms with Crippen LogP contribution in [0, 0.1) is 0 Å². The lowest BCUT2D eigenvalue weighted by Gasteiger charge is -2.04. The Labute approximate surface area is 122 Å². The van der Waals surface area contributed by atoms with Crippen molar-refractivity contribution >= 4 is 37.5 Å². The molecule has 0 aliphatic carbocycles. The van der Waals surface area contributed by atoms with Gasteiger partial charge in [-0.05, 0) is 34.5 Å². The molecule has 2 aromatic rings. The van der Waals surface area contributed by atoms with Crippen molar-refractivity contribution in [1.82, 2.24) is 10.1 Å². The number of unbranched alkanes of at least 4 members (excludes halogenated alkanes) is 1. The molecular weight excluding hydrogens is 362 g/mol. The minimum Gasteiger partial charge on any atom is -0.397 e. The van der Waals surface area contributed by atoms with Gasteiger partial charge in [0, 0.05) is 15.4 Å². The van der Waals surface area contributed by atoms with Crippen LogP contribution in [0.2, 0.25) is 0 Å². The third-order valence-corrected chi connectivity index (χ3v) is 3.66. The van der Waals surface area contributed by atoms with Gasteiger partial charge in [0.15, 0.2) is 5.82 Å². The van der Waals surface area contributed by atoms with Crippen molar-refractivity contribution in [2.75, 3.05) is 5.73 Å². The average molecular weight is 375 g/mol. The molecule has 0 aliphatic rings. The van der Waals surface area contributed by atoms with Crippen LogP contribution in [0.25, 0.3) is 11.5 Å². The van der Waals surface area contributed by atoms with Gasteiger partial charge in [-0.15, -0.1) is 0 Å². The van der Waals surface area contributed by atoms with Crippen LogP contribution >= 0.6 is 31.9 Å². The first-order valence-corrected chi connectivity index (χ1v) is 7.28. The van der Waals surface area contributed by atoms with Crippen molar-refractivity contribution in [3.8, 4) is 11.5 Å². The summed E-state index contributed by atoms with van der Waals surface area (Å²) in [5.74, 6) is 1.18. The molecule has 0 saturated carbocycles. The molecule has 6 heteroatoms. The van der Waals surface area contributed by atoms with Crippen molar-refractivity contribution in [2.24, 2.45) is 0 Å². The molecule has 1 aromatic heterocycles. The normalized spacial score (nSPS) is 10.8. The number of halogens is 2. The molecule has 0 spiro atoms. The first-order valence-electron chi connectivity index (χ1n) is 5.69. The van der Waals surface area contributed by atoms with Crippen LogP contribution in [0.15, 0.2) is 25.6 Å². The van der Waals surface area contributed by atoms with Crippen LogP contribution in [0.5, 0.6) is 0 Å². The lowest BCUT2D eigenvalue weighted by Crippen LogP contribution is -1.93. The second kappa shape index (κ2) is 5.84. The number of aromatic nitrogens is 2. The number of rotatable bonds is 4. The topological polar surface area (TPSA) is 64.9 Å². The molecule has 18 heavy (non-hydrogen) atoms. The standard InChI is InChI=1S/C12H13Br2N3O/c1-2-3-4-10-16-12(18-17-10)8-5-7(13)6-9(14)11(8)15/h5-6H,2-4,15H2,1H3. The summed E-state index contributed by atoms with van der Waals surface area (Å²) in [4.78, 5) is 4.36. The van der Waals surface area contributed by atoms with Gasteiger partial charge >= 0.3 is 0 Å². The number of nitrogens with zero attached hydrogens (tertiary/aromatic N) is 2. The molecule has 1 heterocycles. The van der Waals surface area contributed by atoms with Gasteiger partial charge in [0.1, 0.15) is 0 Å². The second-order valence-electron chi connectivity index (χ2n) is 3.97. The highest BCUT2D eigenvalue weighted by molar-refractivity contribution is 9.11. The number of aryl methyl sites for hydroxylation is 1. The number of hydrogen-bond acceptors (Lipinski definition) is 4. The van der Waals surface area contributed by atoms with Crippen molar-refractivity contribution in [2.45, 2.75) is 26.2 Å². The molecule has 0 radical (unpaired) electrons. The predicted octanol–water partition coefficient (Wildman–Crippen LogP) is 4.19. The molecule has 1 aromatic carbocycles. The van der Waals surface area contributed by atoms with Crippen LogP contribution in [0.4, 0.5) is 5.69 Å². The first-order chi connectivity index (χ1) is 8.61. The maximum Gasteiger partial charge on any atom is 0.260 e. The zero-order chi connectivity index (χ0) is 13.1. The van der Waals surface area contributed by atoms with E-state index in [1.54, 1.807) is 0 Å². The molecule has 0 saturated heterocycles. The number of benzene rings is 1. The summed E-state index contributed by atoms with van der Waals surface area (Å²) in [5.41, 5.74) is 7.34. The Morgan fingerprint density at radius 1 is 1.33 bits per heavy atom. The third kappa shape index (κ3) is 2.92. The van der Waals surface area contributed by atoms with Gasteiger partial charge in [0.05, 0.1) is 11.3 Å². The quantitative estimate of drug-likeness (QED) is 0.815. The molecule has 96 valence electrons. The Morgan fingerprint density at radius 3 is 2.83 bits per heavy atom. The van der Waals surface area contributed by atoms with Gasteiger partial charge in [-0.25, -0.2) is 0 Å². The monoisotopic (exact) mass is 373 g/mol. The predicted molar refractivity (Wildman–Crippen MR) is 78.2 cm³/mol. The van der Waals surface area contributed by atoms with E-state index in [2.05, 4.69) is 48.9 Å². The molecular formula is C12H13Br2N3O. The fourth-order valence-electron chi connectivity index (χ4n) is 1.56. The number of hydrogen-bond donors (Lipinski definition) is 1. The Hall–Kier alpha value is -0.880. The Bertz CT molecular complexity index is 554. The fourth-order valence-corrected chi connectivity index (χ4v) is 2.79. The first kappa shape index (κ1) is 13.5. The maximum atomic E-state index is 6.00. The summed E-state index contributed by atoms with van der Waals surface area (Å²) in [5, 5.41) is 3.96. The van der Waals surface area contributed by atoms with E-state index < -0.39 is 0 Å². The van der Waals surface area contributed by atoms with Gasteiger partial charge < -0.3 is 10.3 Å². The molecule has 4 nitrogen and oxygen atoms in total. The van der Waals surface area contributed by atoms with E-state index in [1.807, 2.05) is 12.1 Å². The highest BCUT2D eigenvalue weighted by Crippen LogP contribution is 2.34. The largest absolute Gasteiger partial charge is 0.397 e. The molecule has 2 N–H and O–H groups in total. The van der Waals surface area contributed by atoms with Gasteiger partial charge in [0.2, 0.25) is 0 Å². The lowest BCUT2D eigenvalue weighted by molar-refractivity contribution is 0.421. The van der Waals surface area contributed by atoms with Crippen LogP contribution in [0.1, 0.15) is 25.6 Å². The third-order valence-electron chi connectivity index (χ3n) is 2.55. The average Bonchev–Trinajstić information content (AvgIpc) is 2.79. The molecule has 2 rings (SSSR count). The van der Waals surface area contributed by atoms with E-state index in [9.17, 15) is 0 Å². The summed E-state index contributed by atoms with van der Waals surface area (Å²) in [6.45, 7) is 2.13. The minimum absolute atomic E-state index is 0.459. The van der Waals surface area contributed by atoms with Crippen molar-refractivity contribution in [1.29, 1.82) is 0 Å². The van der Waals surface area contributed by atoms with Gasteiger partial charge in [0.25, 0.3) is 5.89 Å². The fraction of sp³-hybridized carbons (Fsp3) is 0.333. The second-order valence-corrected chi connectivity index (χ2v) is 5.74. The van der Waals surface area contributed by atoms with Gasteiger partial charge in [-0.1, -0.05) is 34.4 Å². The highest BCUT2D eigenvalue weighted by atomic mass is 79.9. The summed E-state index contributed by atoms with van der Waals surface area (Å²) in [6.07, 6.45) is 2.99.